The molecule has 0 saturated heterocycles. The van der Waals surface area contributed by atoms with Crippen LogP contribution in [0.3, 0.4) is 0 Å². The van der Waals surface area contributed by atoms with Crippen molar-refractivity contribution in [2.24, 2.45) is 0 Å². The van der Waals surface area contributed by atoms with Gasteiger partial charge in [-0.3, -0.25) is 9.69 Å². The molecule has 1 aliphatic rings. The molecule has 34 heavy (non-hydrogen) atoms. The topological polar surface area (TPSA) is 32.3 Å². The Morgan fingerprint density at radius 1 is 1.00 bits per heavy atom. The van der Waals surface area contributed by atoms with Crippen LogP contribution in [0.2, 0.25) is 10.0 Å². The van der Waals surface area contributed by atoms with Gasteiger partial charge in [0.05, 0.1) is 10.0 Å². The molecular weight excluding hydrogens is 463 g/mol. The normalized spacial score (nSPS) is 15.0. The van der Waals surface area contributed by atoms with Crippen molar-refractivity contribution in [1.82, 2.24) is 10.2 Å². The fourth-order valence-electron chi connectivity index (χ4n) is 4.64. The van der Waals surface area contributed by atoms with Crippen molar-refractivity contribution in [1.29, 1.82) is 0 Å². The van der Waals surface area contributed by atoms with Crippen LogP contribution < -0.4 is 5.32 Å². The standard InChI is InChI=1S/C29H30Cl2N2O/c1-32-29(34)26-10-6-5-9-25(26)19-24(23-11-12-27(30)28(31)20-23)15-18-33-16-13-22(14-17-33)21-7-3-2-4-8-21/h2-13,20,24H,14-19H2,1H3,(H,32,34). The molecule has 176 valence electrons. The molecular formula is C29H30Cl2N2O. The van der Waals surface area contributed by atoms with Gasteiger partial charge in [0.1, 0.15) is 0 Å². The number of nitrogens with one attached hydrogen (secondary N) is 1. The summed E-state index contributed by atoms with van der Waals surface area (Å²) >= 11 is 12.6. The van der Waals surface area contributed by atoms with E-state index in [1.54, 1.807) is 7.05 Å². The van der Waals surface area contributed by atoms with Crippen LogP contribution in [0, 0.1) is 0 Å². The van der Waals surface area contributed by atoms with E-state index < -0.39 is 0 Å². The Hall–Kier alpha value is -2.59. The van der Waals surface area contributed by atoms with Gasteiger partial charge in [-0.15, -0.1) is 0 Å². The van der Waals surface area contributed by atoms with Crippen LogP contribution in [0.25, 0.3) is 5.57 Å². The molecule has 3 aromatic carbocycles. The molecule has 0 bridgehead atoms. The number of nitrogens with zero attached hydrogens (tertiary/aromatic N) is 1. The molecule has 3 aromatic rings. The Kier molecular flexibility index (Phi) is 8.44. The number of rotatable bonds is 8. The van der Waals surface area contributed by atoms with Gasteiger partial charge < -0.3 is 5.32 Å². The molecule has 0 spiro atoms. The van der Waals surface area contributed by atoms with Crippen LogP contribution in [-0.2, 0) is 6.42 Å². The monoisotopic (exact) mass is 492 g/mol. The van der Waals surface area contributed by atoms with Crippen molar-refractivity contribution < 1.29 is 4.79 Å². The number of hydrogen-bond donors (Lipinski definition) is 1. The highest BCUT2D eigenvalue weighted by atomic mass is 35.5. The molecule has 0 aromatic heterocycles. The minimum absolute atomic E-state index is 0.0573. The maximum atomic E-state index is 12.4. The molecule has 1 atom stereocenters. The van der Waals surface area contributed by atoms with E-state index in [-0.39, 0.29) is 11.8 Å². The number of hydrogen-bond acceptors (Lipinski definition) is 2. The summed E-state index contributed by atoms with van der Waals surface area (Å²) in [5.74, 6) is 0.165. The van der Waals surface area contributed by atoms with Crippen molar-refractivity contribution in [2.75, 3.05) is 26.7 Å². The van der Waals surface area contributed by atoms with Gasteiger partial charge >= 0.3 is 0 Å². The summed E-state index contributed by atoms with van der Waals surface area (Å²) in [7, 11) is 1.67. The fourth-order valence-corrected chi connectivity index (χ4v) is 4.95. The second-order valence-corrected chi connectivity index (χ2v) is 9.56. The lowest BCUT2D eigenvalue weighted by Gasteiger charge is -2.29. The lowest BCUT2D eigenvalue weighted by Crippen LogP contribution is -2.30. The summed E-state index contributed by atoms with van der Waals surface area (Å²) in [6.45, 7) is 2.97. The maximum Gasteiger partial charge on any atom is 0.251 e. The van der Waals surface area contributed by atoms with Crippen LogP contribution in [0.5, 0.6) is 0 Å². The van der Waals surface area contributed by atoms with E-state index in [0.717, 1.165) is 55.6 Å². The highest BCUT2D eigenvalue weighted by molar-refractivity contribution is 6.42. The second-order valence-electron chi connectivity index (χ2n) is 8.75. The van der Waals surface area contributed by atoms with E-state index in [1.165, 1.54) is 11.1 Å². The van der Waals surface area contributed by atoms with Crippen LogP contribution in [0.15, 0.2) is 78.9 Å². The molecule has 4 rings (SSSR count). The van der Waals surface area contributed by atoms with Gasteiger partial charge in [0.15, 0.2) is 0 Å². The van der Waals surface area contributed by atoms with E-state index in [0.29, 0.717) is 10.0 Å². The third-order valence-electron chi connectivity index (χ3n) is 6.60. The van der Waals surface area contributed by atoms with E-state index >= 15 is 0 Å². The van der Waals surface area contributed by atoms with Crippen molar-refractivity contribution in [3.63, 3.8) is 0 Å². The zero-order chi connectivity index (χ0) is 23.9. The predicted molar refractivity (Wildman–Crippen MR) is 143 cm³/mol. The largest absolute Gasteiger partial charge is 0.355 e. The van der Waals surface area contributed by atoms with Gasteiger partial charge in [0.2, 0.25) is 0 Å². The minimum atomic E-state index is -0.0573. The average Bonchev–Trinajstić information content (AvgIpc) is 2.89. The van der Waals surface area contributed by atoms with Crippen molar-refractivity contribution in [2.45, 2.75) is 25.2 Å². The van der Waals surface area contributed by atoms with Gasteiger partial charge in [-0.1, -0.05) is 83.9 Å². The molecule has 0 radical (unpaired) electrons. The first kappa shape index (κ1) is 24.5. The fraction of sp³-hybridized carbons (Fsp3) is 0.276. The average molecular weight is 493 g/mol. The van der Waals surface area contributed by atoms with Crippen LogP contribution in [0.1, 0.15) is 45.8 Å². The molecule has 1 heterocycles. The highest BCUT2D eigenvalue weighted by Crippen LogP contribution is 2.32. The molecule has 5 heteroatoms. The van der Waals surface area contributed by atoms with Gasteiger partial charge in [-0.25, -0.2) is 0 Å². The summed E-state index contributed by atoms with van der Waals surface area (Å²) in [5.41, 5.74) is 5.67. The number of benzene rings is 3. The summed E-state index contributed by atoms with van der Waals surface area (Å²) in [4.78, 5) is 14.9. The quantitative estimate of drug-likeness (QED) is 0.372. The Morgan fingerprint density at radius 2 is 1.76 bits per heavy atom. The first-order valence-corrected chi connectivity index (χ1v) is 12.5. The van der Waals surface area contributed by atoms with Crippen LogP contribution in [-0.4, -0.2) is 37.5 Å². The third kappa shape index (κ3) is 6.09. The maximum absolute atomic E-state index is 12.4. The minimum Gasteiger partial charge on any atom is -0.355 e. The summed E-state index contributed by atoms with van der Waals surface area (Å²) in [6, 6.07) is 24.4. The number of halogens is 2. The van der Waals surface area contributed by atoms with Crippen LogP contribution in [0.4, 0.5) is 0 Å². The molecule has 0 fully saturated rings. The van der Waals surface area contributed by atoms with E-state index in [4.69, 9.17) is 23.2 Å². The molecule has 1 amide bonds. The Balaban J connectivity index is 1.50. The van der Waals surface area contributed by atoms with Crippen molar-refractivity contribution in [3.8, 4) is 0 Å². The molecule has 0 saturated carbocycles. The zero-order valence-corrected chi connectivity index (χ0v) is 20.9. The summed E-state index contributed by atoms with van der Waals surface area (Å²) < 4.78 is 0. The second kappa shape index (κ2) is 11.7. The van der Waals surface area contributed by atoms with Gasteiger partial charge in [0.25, 0.3) is 5.91 Å². The highest BCUT2D eigenvalue weighted by Gasteiger charge is 2.20. The first-order chi connectivity index (χ1) is 16.5. The smallest absolute Gasteiger partial charge is 0.251 e. The number of carbonyl (C=O) groups excluding carboxylic acids is 1. The molecule has 1 N–H and O–H groups in total. The summed E-state index contributed by atoms with van der Waals surface area (Å²) in [6.07, 6.45) is 5.14. The molecule has 1 aliphatic heterocycles. The number of carbonyl (C=O) groups is 1. The molecule has 1 unspecified atom stereocenters. The molecule has 0 aliphatic carbocycles. The zero-order valence-electron chi connectivity index (χ0n) is 19.4. The Bertz CT molecular complexity index is 1160. The van der Waals surface area contributed by atoms with Crippen molar-refractivity contribution in [3.05, 3.63) is 111 Å². The third-order valence-corrected chi connectivity index (χ3v) is 7.34. The Morgan fingerprint density at radius 3 is 2.47 bits per heavy atom. The lowest BCUT2D eigenvalue weighted by atomic mass is 9.87. The SMILES string of the molecule is CNC(=O)c1ccccc1CC(CCN1CC=C(c2ccccc2)CC1)c1ccc(Cl)c(Cl)c1. The van der Waals surface area contributed by atoms with Crippen molar-refractivity contribution >= 4 is 34.7 Å². The predicted octanol–water partition coefficient (Wildman–Crippen LogP) is 6.86. The van der Waals surface area contributed by atoms with Gasteiger partial charge in [-0.2, -0.15) is 0 Å². The van der Waals surface area contributed by atoms with Gasteiger partial charge in [-0.05, 0) is 72.2 Å². The lowest BCUT2D eigenvalue weighted by molar-refractivity contribution is 0.0962. The Labute approximate surface area is 212 Å². The van der Waals surface area contributed by atoms with Gasteiger partial charge in [0, 0.05) is 25.7 Å². The van der Waals surface area contributed by atoms with E-state index in [1.807, 2.05) is 36.4 Å². The number of amides is 1. The molecule has 3 nitrogen and oxygen atoms in total. The van der Waals surface area contributed by atoms with E-state index in [2.05, 4.69) is 52.7 Å². The first-order valence-electron chi connectivity index (χ1n) is 11.8. The summed E-state index contributed by atoms with van der Waals surface area (Å²) in [5, 5.41) is 3.89. The van der Waals surface area contributed by atoms with E-state index in [9.17, 15) is 4.79 Å². The van der Waals surface area contributed by atoms with Crippen LogP contribution >= 0.6 is 23.2 Å².